The monoisotopic (exact) mass is 329 g/mol. The number of rotatable bonds is 5. The first-order chi connectivity index (χ1) is 11.3. The number of carbonyl (C=O) groups excluding carboxylic acids is 1. The zero-order chi connectivity index (χ0) is 17.7. The highest BCUT2D eigenvalue weighted by molar-refractivity contribution is 6.04. The maximum absolute atomic E-state index is 12.3. The first-order valence-corrected chi connectivity index (χ1v) is 7.60. The van der Waals surface area contributed by atoms with E-state index in [4.69, 9.17) is 9.47 Å². The number of pyridine rings is 1. The molecule has 0 unspecified atom stereocenters. The number of aromatic nitrogens is 1. The van der Waals surface area contributed by atoms with Crippen LogP contribution in [0.2, 0.25) is 0 Å². The van der Waals surface area contributed by atoms with E-state index in [1.807, 2.05) is 6.07 Å². The van der Waals surface area contributed by atoms with Gasteiger partial charge in [-0.3, -0.25) is 4.79 Å². The summed E-state index contributed by atoms with van der Waals surface area (Å²) in [5, 5.41) is 6.08. The molecule has 24 heavy (non-hydrogen) atoms. The summed E-state index contributed by atoms with van der Waals surface area (Å²) in [7, 11) is 3.08. The fourth-order valence-electron chi connectivity index (χ4n) is 2.14. The highest BCUT2D eigenvalue weighted by Crippen LogP contribution is 2.27. The molecular formula is C18H23N3O3. The molecule has 2 rings (SSSR count). The van der Waals surface area contributed by atoms with Gasteiger partial charge in [0.15, 0.2) is 11.5 Å². The highest BCUT2D eigenvalue weighted by atomic mass is 16.5. The summed E-state index contributed by atoms with van der Waals surface area (Å²) < 4.78 is 10.4. The van der Waals surface area contributed by atoms with E-state index in [9.17, 15) is 4.79 Å². The summed E-state index contributed by atoms with van der Waals surface area (Å²) in [5.74, 6) is 1.29. The molecule has 0 aliphatic heterocycles. The largest absolute Gasteiger partial charge is 0.493 e. The van der Waals surface area contributed by atoms with Gasteiger partial charge in [-0.05, 0) is 51.1 Å². The first kappa shape index (κ1) is 17.6. The summed E-state index contributed by atoms with van der Waals surface area (Å²) >= 11 is 0. The van der Waals surface area contributed by atoms with Crippen LogP contribution in [0.15, 0.2) is 36.5 Å². The Labute approximate surface area is 142 Å². The third kappa shape index (κ3) is 4.62. The SMILES string of the molecule is COc1ccc(C(=O)Nc2ccc(NC(C)(C)C)cn2)cc1OC. The minimum absolute atomic E-state index is 0.0495. The molecule has 0 fully saturated rings. The highest BCUT2D eigenvalue weighted by Gasteiger charge is 2.12. The molecule has 1 heterocycles. The lowest BCUT2D eigenvalue weighted by molar-refractivity contribution is 0.102. The van der Waals surface area contributed by atoms with Gasteiger partial charge in [0.1, 0.15) is 5.82 Å². The Morgan fingerprint density at radius 1 is 1.04 bits per heavy atom. The van der Waals surface area contributed by atoms with E-state index in [1.54, 1.807) is 37.6 Å². The van der Waals surface area contributed by atoms with Gasteiger partial charge in [0, 0.05) is 11.1 Å². The van der Waals surface area contributed by atoms with E-state index in [1.165, 1.54) is 7.11 Å². The Kier molecular flexibility index (Phi) is 5.28. The number of nitrogens with one attached hydrogen (secondary N) is 2. The van der Waals surface area contributed by atoms with Crippen LogP contribution >= 0.6 is 0 Å². The molecule has 1 amide bonds. The molecule has 0 aliphatic carbocycles. The number of ether oxygens (including phenoxy) is 2. The summed E-state index contributed by atoms with van der Waals surface area (Å²) in [4.78, 5) is 16.6. The third-order valence-corrected chi connectivity index (χ3v) is 3.17. The van der Waals surface area contributed by atoms with Crippen LogP contribution in [0.25, 0.3) is 0 Å². The van der Waals surface area contributed by atoms with Crippen molar-refractivity contribution in [3.05, 3.63) is 42.1 Å². The second-order valence-corrected chi connectivity index (χ2v) is 6.33. The maximum atomic E-state index is 12.3. The number of hydrogen-bond acceptors (Lipinski definition) is 5. The number of anilines is 2. The van der Waals surface area contributed by atoms with Crippen molar-refractivity contribution in [1.82, 2.24) is 4.98 Å². The van der Waals surface area contributed by atoms with Gasteiger partial charge in [-0.2, -0.15) is 0 Å². The zero-order valence-corrected chi connectivity index (χ0v) is 14.6. The predicted molar refractivity (Wildman–Crippen MR) is 95.1 cm³/mol. The second-order valence-electron chi connectivity index (χ2n) is 6.33. The molecular weight excluding hydrogens is 306 g/mol. The van der Waals surface area contributed by atoms with E-state index in [2.05, 4.69) is 36.4 Å². The molecule has 1 aromatic carbocycles. The lowest BCUT2D eigenvalue weighted by atomic mass is 10.1. The van der Waals surface area contributed by atoms with E-state index in [0.717, 1.165) is 5.69 Å². The average molecular weight is 329 g/mol. The molecule has 128 valence electrons. The standard InChI is InChI=1S/C18H23N3O3/c1-18(2,3)21-13-7-9-16(19-11-13)20-17(22)12-6-8-14(23-4)15(10-12)24-5/h6-11,21H,1-5H3,(H,19,20,22). The van der Waals surface area contributed by atoms with Crippen LogP contribution in [-0.4, -0.2) is 30.6 Å². The summed E-state index contributed by atoms with van der Waals surface area (Å²) in [6, 6.07) is 8.63. The molecule has 0 radical (unpaired) electrons. The molecule has 6 heteroatoms. The van der Waals surface area contributed by atoms with Gasteiger partial charge in [0.25, 0.3) is 5.91 Å². The third-order valence-electron chi connectivity index (χ3n) is 3.17. The van der Waals surface area contributed by atoms with Crippen molar-refractivity contribution in [2.24, 2.45) is 0 Å². The van der Waals surface area contributed by atoms with Crippen molar-refractivity contribution in [2.45, 2.75) is 26.3 Å². The first-order valence-electron chi connectivity index (χ1n) is 7.60. The van der Waals surface area contributed by atoms with Crippen LogP contribution in [-0.2, 0) is 0 Å². The Morgan fingerprint density at radius 2 is 1.75 bits per heavy atom. The Balaban J connectivity index is 2.09. The molecule has 6 nitrogen and oxygen atoms in total. The molecule has 0 saturated heterocycles. The summed E-state index contributed by atoms with van der Waals surface area (Å²) in [5.41, 5.74) is 1.31. The number of amides is 1. The minimum Gasteiger partial charge on any atom is -0.493 e. The smallest absolute Gasteiger partial charge is 0.256 e. The van der Waals surface area contributed by atoms with Crippen LogP contribution in [0.4, 0.5) is 11.5 Å². The van der Waals surface area contributed by atoms with Gasteiger partial charge in [0.05, 0.1) is 26.1 Å². The van der Waals surface area contributed by atoms with Crippen molar-refractivity contribution >= 4 is 17.4 Å². The number of nitrogens with zero attached hydrogens (tertiary/aromatic N) is 1. The molecule has 2 N–H and O–H groups in total. The van der Waals surface area contributed by atoms with Crippen molar-refractivity contribution in [3.63, 3.8) is 0 Å². The normalized spacial score (nSPS) is 10.9. The molecule has 0 spiro atoms. The summed E-state index contributed by atoms with van der Waals surface area (Å²) in [6.07, 6.45) is 1.69. The molecule has 0 saturated carbocycles. The number of methoxy groups -OCH3 is 2. The Morgan fingerprint density at radius 3 is 2.29 bits per heavy atom. The molecule has 0 aliphatic rings. The quantitative estimate of drug-likeness (QED) is 0.877. The molecule has 1 aromatic heterocycles. The van der Waals surface area contributed by atoms with Gasteiger partial charge in [-0.15, -0.1) is 0 Å². The van der Waals surface area contributed by atoms with Crippen molar-refractivity contribution in [2.75, 3.05) is 24.9 Å². The van der Waals surface area contributed by atoms with Crippen LogP contribution in [0, 0.1) is 0 Å². The topological polar surface area (TPSA) is 72.5 Å². The minimum atomic E-state index is -0.264. The van der Waals surface area contributed by atoms with Gasteiger partial charge in [-0.1, -0.05) is 0 Å². The predicted octanol–water partition coefficient (Wildman–Crippen LogP) is 3.56. The van der Waals surface area contributed by atoms with E-state index < -0.39 is 0 Å². The molecule has 0 atom stereocenters. The van der Waals surface area contributed by atoms with Crippen LogP contribution < -0.4 is 20.1 Å². The van der Waals surface area contributed by atoms with E-state index in [-0.39, 0.29) is 11.4 Å². The number of hydrogen-bond donors (Lipinski definition) is 2. The Hall–Kier alpha value is -2.76. The average Bonchev–Trinajstić information content (AvgIpc) is 2.54. The Bertz CT molecular complexity index is 706. The van der Waals surface area contributed by atoms with E-state index >= 15 is 0 Å². The van der Waals surface area contributed by atoms with Crippen molar-refractivity contribution < 1.29 is 14.3 Å². The zero-order valence-electron chi connectivity index (χ0n) is 14.6. The lowest BCUT2D eigenvalue weighted by Crippen LogP contribution is -2.26. The maximum Gasteiger partial charge on any atom is 0.256 e. The van der Waals surface area contributed by atoms with Gasteiger partial charge in [0.2, 0.25) is 0 Å². The fourth-order valence-corrected chi connectivity index (χ4v) is 2.14. The van der Waals surface area contributed by atoms with Gasteiger partial charge >= 0.3 is 0 Å². The lowest BCUT2D eigenvalue weighted by Gasteiger charge is -2.21. The summed E-state index contributed by atoms with van der Waals surface area (Å²) in [6.45, 7) is 6.21. The second kappa shape index (κ2) is 7.21. The van der Waals surface area contributed by atoms with Crippen LogP contribution in [0.1, 0.15) is 31.1 Å². The number of carbonyl (C=O) groups is 1. The molecule has 0 bridgehead atoms. The molecule has 2 aromatic rings. The van der Waals surface area contributed by atoms with Crippen molar-refractivity contribution in [3.8, 4) is 11.5 Å². The van der Waals surface area contributed by atoms with Gasteiger partial charge < -0.3 is 20.1 Å². The van der Waals surface area contributed by atoms with Crippen molar-refractivity contribution in [1.29, 1.82) is 0 Å². The van der Waals surface area contributed by atoms with E-state index in [0.29, 0.717) is 22.9 Å². The van der Waals surface area contributed by atoms with Crippen LogP contribution in [0.5, 0.6) is 11.5 Å². The number of benzene rings is 1. The fraction of sp³-hybridized carbons (Fsp3) is 0.333. The van der Waals surface area contributed by atoms with Gasteiger partial charge in [-0.25, -0.2) is 4.98 Å². The van der Waals surface area contributed by atoms with Crippen LogP contribution in [0.3, 0.4) is 0 Å².